The summed E-state index contributed by atoms with van der Waals surface area (Å²) >= 11 is 0. The number of rotatable bonds is 5. The molecular formula is C15H26N2O3. The standard InChI is InChI=1S/C15H26N2O3/c1-4-9-17(10-5-7-16-8-6-10)13(18)11-12(14(19)20)15(11,2)3/h10-12,16H,4-9H2,1-3H3,(H,19,20). The molecule has 5 nitrogen and oxygen atoms in total. The van der Waals surface area contributed by atoms with Gasteiger partial charge in [-0.3, -0.25) is 9.59 Å². The molecule has 1 aliphatic heterocycles. The van der Waals surface area contributed by atoms with Crippen LogP contribution in [-0.2, 0) is 9.59 Å². The number of carbonyl (C=O) groups excluding carboxylic acids is 1. The summed E-state index contributed by atoms with van der Waals surface area (Å²) in [5.74, 6) is -1.65. The largest absolute Gasteiger partial charge is 0.481 e. The van der Waals surface area contributed by atoms with Crippen LogP contribution in [0.3, 0.4) is 0 Å². The molecule has 1 saturated heterocycles. The van der Waals surface area contributed by atoms with Crippen LogP contribution >= 0.6 is 0 Å². The smallest absolute Gasteiger partial charge is 0.307 e. The minimum Gasteiger partial charge on any atom is -0.481 e. The van der Waals surface area contributed by atoms with Crippen LogP contribution < -0.4 is 5.32 Å². The highest BCUT2D eigenvalue weighted by molar-refractivity contribution is 5.91. The second kappa shape index (κ2) is 5.72. The second-order valence-corrected chi connectivity index (χ2v) is 6.63. The molecule has 0 aromatic rings. The maximum atomic E-state index is 12.8. The highest BCUT2D eigenvalue weighted by Gasteiger charge is 2.66. The average Bonchev–Trinajstić information content (AvgIpc) is 2.99. The number of aliphatic carboxylic acids is 1. The summed E-state index contributed by atoms with van der Waals surface area (Å²) < 4.78 is 0. The fraction of sp³-hybridized carbons (Fsp3) is 0.867. The van der Waals surface area contributed by atoms with Crippen LogP contribution in [0.5, 0.6) is 0 Å². The topological polar surface area (TPSA) is 69.6 Å². The van der Waals surface area contributed by atoms with E-state index in [0.717, 1.165) is 38.9 Å². The first-order valence-corrected chi connectivity index (χ1v) is 7.65. The Morgan fingerprint density at radius 3 is 2.30 bits per heavy atom. The van der Waals surface area contributed by atoms with Gasteiger partial charge in [-0.15, -0.1) is 0 Å². The summed E-state index contributed by atoms with van der Waals surface area (Å²) in [6.45, 7) is 8.46. The number of carbonyl (C=O) groups is 2. The number of piperidine rings is 1. The van der Waals surface area contributed by atoms with Crippen LogP contribution in [0.15, 0.2) is 0 Å². The normalized spacial score (nSPS) is 28.9. The minimum atomic E-state index is -0.838. The molecule has 20 heavy (non-hydrogen) atoms. The van der Waals surface area contributed by atoms with Crippen molar-refractivity contribution in [2.45, 2.75) is 46.1 Å². The summed E-state index contributed by atoms with van der Waals surface area (Å²) in [6, 6.07) is 0.273. The third kappa shape index (κ3) is 2.68. The van der Waals surface area contributed by atoms with Crippen molar-refractivity contribution in [3.05, 3.63) is 0 Å². The van der Waals surface area contributed by atoms with Crippen LogP contribution in [0.4, 0.5) is 0 Å². The third-order valence-electron chi connectivity index (χ3n) is 4.86. The van der Waals surface area contributed by atoms with Gasteiger partial charge in [0.05, 0.1) is 11.8 Å². The summed E-state index contributed by atoms with van der Waals surface area (Å²) in [7, 11) is 0. The minimum absolute atomic E-state index is 0.0520. The fourth-order valence-corrected chi connectivity index (χ4v) is 3.57. The Kier molecular flexibility index (Phi) is 4.37. The van der Waals surface area contributed by atoms with Crippen molar-refractivity contribution >= 4 is 11.9 Å². The third-order valence-corrected chi connectivity index (χ3v) is 4.86. The van der Waals surface area contributed by atoms with E-state index in [9.17, 15) is 14.7 Å². The van der Waals surface area contributed by atoms with E-state index >= 15 is 0 Å². The molecule has 1 aliphatic carbocycles. The number of carboxylic acid groups (broad SMARTS) is 1. The summed E-state index contributed by atoms with van der Waals surface area (Å²) in [4.78, 5) is 26.0. The Bertz CT molecular complexity index is 389. The lowest BCUT2D eigenvalue weighted by Gasteiger charge is -2.35. The van der Waals surface area contributed by atoms with Gasteiger partial charge in [-0.05, 0) is 37.8 Å². The lowest BCUT2D eigenvalue weighted by molar-refractivity contribution is -0.143. The number of amides is 1. The molecule has 5 heteroatoms. The van der Waals surface area contributed by atoms with Crippen molar-refractivity contribution in [3.8, 4) is 0 Å². The van der Waals surface area contributed by atoms with Crippen LogP contribution in [-0.4, -0.2) is 47.6 Å². The van der Waals surface area contributed by atoms with Crippen molar-refractivity contribution in [2.75, 3.05) is 19.6 Å². The van der Waals surface area contributed by atoms with E-state index in [0.29, 0.717) is 0 Å². The molecule has 1 amide bonds. The van der Waals surface area contributed by atoms with Gasteiger partial charge in [0, 0.05) is 12.6 Å². The van der Waals surface area contributed by atoms with Crippen molar-refractivity contribution in [1.29, 1.82) is 0 Å². The Balaban J connectivity index is 2.09. The van der Waals surface area contributed by atoms with Crippen molar-refractivity contribution < 1.29 is 14.7 Å². The molecule has 0 aromatic carbocycles. The fourth-order valence-electron chi connectivity index (χ4n) is 3.57. The zero-order chi connectivity index (χ0) is 14.9. The van der Waals surface area contributed by atoms with Gasteiger partial charge in [0.25, 0.3) is 0 Å². The first-order valence-electron chi connectivity index (χ1n) is 7.65. The Labute approximate surface area is 120 Å². The highest BCUT2D eigenvalue weighted by Crippen LogP contribution is 2.59. The van der Waals surface area contributed by atoms with Gasteiger partial charge in [0.1, 0.15) is 0 Å². The number of nitrogens with one attached hydrogen (secondary N) is 1. The van der Waals surface area contributed by atoms with E-state index in [2.05, 4.69) is 12.2 Å². The molecule has 1 heterocycles. The SMILES string of the molecule is CCCN(C(=O)C1C(C(=O)O)C1(C)C)C1CCNCC1. The number of carboxylic acids is 1. The van der Waals surface area contributed by atoms with Crippen LogP contribution in [0, 0.1) is 17.3 Å². The predicted molar refractivity (Wildman–Crippen MR) is 76.3 cm³/mol. The van der Waals surface area contributed by atoms with Gasteiger partial charge in [-0.25, -0.2) is 0 Å². The van der Waals surface area contributed by atoms with E-state index < -0.39 is 17.3 Å². The molecule has 2 N–H and O–H groups in total. The molecule has 114 valence electrons. The van der Waals surface area contributed by atoms with Crippen molar-refractivity contribution in [3.63, 3.8) is 0 Å². The Hall–Kier alpha value is -1.10. The monoisotopic (exact) mass is 282 g/mol. The van der Waals surface area contributed by atoms with Crippen molar-refractivity contribution in [1.82, 2.24) is 10.2 Å². The Morgan fingerprint density at radius 1 is 1.25 bits per heavy atom. The maximum absolute atomic E-state index is 12.8. The van der Waals surface area contributed by atoms with Crippen molar-refractivity contribution in [2.24, 2.45) is 17.3 Å². The number of nitrogens with zero attached hydrogens (tertiary/aromatic N) is 1. The van der Waals surface area contributed by atoms with Gasteiger partial charge < -0.3 is 15.3 Å². The number of hydrogen-bond donors (Lipinski definition) is 2. The molecular weight excluding hydrogens is 256 g/mol. The molecule has 2 atom stereocenters. The highest BCUT2D eigenvalue weighted by atomic mass is 16.4. The van der Waals surface area contributed by atoms with Gasteiger partial charge in [-0.1, -0.05) is 20.8 Å². The van der Waals surface area contributed by atoms with Gasteiger partial charge >= 0.3 is 5.97 Å². The molecule has 1 saturated carbocycles. The van der Waals surface area contributed by atoms with Gasteiger partial charge in [0.2, 0.25) is 5.91 Å². The maximum Gasteiger partial charge on any atom is 0.307 e. The molecule has 2 fully saturated rings. The van der Waals surface area contributed by atoms with E-state index in [4.69, 9.17) is 0 Å². The van der Waals surface area contributed by atoms with Crippen LogP contribution in [0.1, 0.15) is 40.0 Å². The zero-order valence-corrected chi connectivity index (χ0v) is 12.7. The van der Waals surface area contributed by atoms with Gasteiger partial charge in [0.15, 0.2) is 0 Å². The lowest BCUT2D eigenvalue weighted by Crippen LogP contribution is -2.47. The molecule has 2 rings (SSSR count). The average molecular weight is 282 g/mol. The molecule has 0 spiro atoms. The Morgan fingerprint density at radius 2 is 1.85 bits per heavy atom. The number of hydrogen-bond acceptors (Lipinski definition) is 3. The molecule has 0 aromatic heterocycles. The second-order valence-electron chi connectivity index (χ2n) is 6.63. The lowest BCUT2D eigenvalue weighted by atomic mass is 10.0. The van der Waals surface area contributed by atoms with E-state index in [1.54, 1.807) is 0 Å². The molecule has 0 bridgehead atoms. The molecule has 2 unspecified atom stereocenters. The van der Waals surface area contributed by atoms with E-state index in [1.165, 1.54) is 0 Å². The summed E-state index contributed by atoms with van der Waals surface area (Å²) in [5, 5.41) is 12.6. The summed E-state index contributed by atoms with van der Waals surface area (Å²) in [5.41, 5.74) is -0.401. The predicted octanol–water partition coefficient (Wildman–Crippen LogP) is 1.33. The van der Waals surface area contributed by atoms with E-state index in [-0.39, 0.29) is 17.9 Å². The first-order chi connectivity index (χ1) is 9.41. The van der Waals surface area contributed by atoms with Crippen LogP contribution in [0.2, 0.25) is 0 Å². The molecule has 2 aliphatic rings. The summed E-state index contributed by atoms with van der Waals surface area (Å²) in [6.07, 6.45) is 2.85. The zero-order valence-electron chi connectivity index (χ0n) is 12.7. The quantitative estimate of drug-likeness (QED) is 0.798. The van der Waals surface area contributed by atoms with Crippen LogP contribution in [0.25, 0.3) is 0 Å². The molecule has 0 radical (unpaired) electrons. The first kappa shape index (κ1) is 15.3. The van der Waals surface area contributed by atoms with E-state index in [1.807, 2.05) is 18.7 Å². The van der Waals surface area contributed by atoms with Gasteiger partial charge in [-0.2, -0.15) is 0 Å².